The lowest BCUT2D eigenvalue weighted by Gasteiger charge is -2.31. The highest BCUT2D eigenvalue weighted by atomic mass is 35.5. The van der Waals surface area contributed by atoms with Crippen LogP contribution in [0.15, 0.2) is 78.0 Å². The number of ketones is 1. The Labute approximate surface area is 211 Å². The maximum absolute atomic E-state index is 13.7. The van der Waals surface area contributed by atoms with Crippen molar-refractivity contribution >= 4 is 40.4 Å². The van der Waals surface area contributed by atoms with Crippen LogP contribution in [-0.4, -0.2) is 5.78 Å². The molecule has 2 unspecified atom stereocenters. The lowest BCUT2D eigenvalue weighted by Crippen LogP contribution is -2.27. The number of allylic oxidation sites excluding steroid dienone is 1. The number of nitrogens with one attached hydrogen (secondary N) is 2. The minimum Gasteiger partial charge on any atom is -0.372 e. The molecule has 5 rings (SSSR count). The van der Waals surface area contributed by atoms with Gasteiger partial charge in [0.05, 0.1) is 17.4 Å². The minimum absolute atomic E-state index is 0.0935. The van der Waals surface area contributed by atoms with Crippen LogP contribution in [-0.2, 0) is 10.2 Å². The number of para-hydroxylation sites is 2. The third-order valence-electron chi connectivity index (χ3n) is 6.85. The SMILES string of the molecule is CC(C)(C)c1ccc(C2CC(=O)C3=C(C2)Nc2ccccc2NC3c2c(Cl)cccc2Cl)cc1. The van der Waals surface area contributed by atoms with Crippen molar-refractivity contribution in [2.45, 2.75) is 51.0 Å². The van der Waals surface area contributed by atoms with E-state index in [0.717, 1.165) is 29.1 Å². The standard InChI is InChI=1S/C29H28Cl2N2O/c1-29(2,3)19-13-11-17(12-14-19)18-15-24-27(25(34)16-18)28(26-20(30)7-6-8-21(26)31)33-23-10-5-4-9-22(23)32-24/h4-14,18,28,32-33H,15-16H2,1-3H3. The van der Waals surface area contributed by atoms with Crippen molar-refractivity contribution in [3.05, 3.63) is 105 Å². The molecule has 3 aromatic rings. The molecular weight excluding hydrogens is 463 g/mol. The summed E-state index contributed by atoms with van der Waals surface area (Å²) in [5, 5.41) is 8.22. The van der Waals surface area contributed by atoms with Crippen LogP contribution >= 0.6 is 23.2 Å². The average Bonchev–Trinajstić information content (AvgIpc) is 2.95. The van der Waals surface area contributed by atoms with Crippen LogP contribution in [0.25, 0.3) is 0 Å². The predicted molar refractivity (Wildman–Crippen MR) is 142 cm³/mol. The zero-order chi connectivity index (χ0) is 24.0. The number of rotatable bonds is 2. The molecule has 0 aromatic heterocycles. The molecule has 0 fully saturated rings. The molecule has 2 atom stereocenters. The topological polar surface area (TPSA) is 41.1 Å². The van der Waals surface area contributed by atoms with Gasteiger partial charge >= 0.3 is 0 Å². The summed E-state index contributed by atoms with van der Waals surface area (Å²) in [4.78, 5) is 13.7. The molecule has 0 radical (unpaired) electrons. The van der Waals surface area contributed by atoms with E-state index in [2.05, 4.69) is 55.7 Å². The van der Waals surface area contributed by atoms with Crippen molar-refractivity contribution in [3.8, 4) is 0 Å². The van der Waals surface area contributed by atoms with Gasteiger partial charge < -0.3 is 10.6 Å². The van der Waals surface area contributed by atoms with E-state index in [4.69, 9.17) is 23.2 Å². The second kappa shape index (κ2) is 8.79. The Hall–Kier alpha value is -2.75. The summed E-state index contributed by atoms with van der Waals surface area (Å²) in [7, 11) is 0. The maximum Gasteiger partial charge on any atom is 0.163 e. The van der Waals surface area contributed by atoms with E-state index in [1.54, 1.807) is 0 Å². The molecule has 3 aromatic carbocycles. The van der Waals surface area contributed by atoms with E-state index in [1.807, 2.05) is 42.5 Å². The highest BCUT2D eigenvalue weighted by molar-refractivity contribution is 6.36. The van der Waals surface area contributed by atoms with Crippen LogP contribution in [0, 0.1) is 0 Å². The van der Waals surface area contributed by atoms with Crippen LogP contribution in [0.5, 0.6) is 0 Å². The lowest BCUT2D eigenvalue weighted by atomic mass is 9.77. The summed E-state index contributed by atoms with van der Waals surface area (Å²) in [5.41, 5.74) is 6.81. The summed E-state index contributed by atoms with van der Waals surface area (Å²) in [5.74, 6) is 0.223. The summed E-state index contributed by atoms with van der Waals surface area (Å²) < 4.78 is 0. The van der Waals surface area contributed by atoms with Gasteiger partial charge in [-0.05, 0) is 53.1 Å². The Morgan fingerprint density at radius 1 is 0.824 bits per heavy atom. The zero-order valence-electron chi connectivity index (χ0n) is 19.6. The van der Waals surface area contributed by atoms with Crippen molar-refractivity contribution in [2.24, 2.45) is 0 Å². The number of anilines is 2. The molecule has 0 spiro atoms. The molecule has 1 aliphatic heterocycles. The van der Waals surface area contributed by atoms with E-state index in [-0.39, 0.29) is 17.1 Å². The molecule has 34 heavy (non-hydrogen) atoms. The Bertz CT molecular complexity index is 1270. The van der Waals surface area contributed by atoms with Gasteiger partial charge in [0.25, 0.3) is 0 Å². The van der Waals surface area contributed by atoms with Crippen molar-refractivity contribution in [3.63, 3.8) is 0 Å². The fourth-order valence-electron chi connectivity index (χ4n) is 4.99. The minimum atomic E-state index is -0.427. The van der Waals surface area contributed by atoms with E-state index >= 15 is 0 Å². The van der Waals surface area contributed by atoms with Gasteiger partial charge in [-0.3, -0.25) is 4.79 Å². The molecule has 1 heterocycles. The Morgan fingerprint density at radius 2 is 1.47 bits per heavy atom. The van der Waals surface area contributed by atoms with Crippen LogP contribution in [0.4, 0.5) is 11.4 Å². The summed E-state index contributed by atoms with van der Waals surface area (Å²) in [6.45, 7) is 6.63. The number of carbonyl (C=O) groups is 1. The van der Waals surface area contributed by atoms with E-state index in [0.29, 0.717) is 22.0 Å². The first-order valence-electron chi connectivity index (χ1n) is 11.7. The third-order valence-corrected chi connectivity index (χ3v) is 7.50. The van der Waals surface area contributed by atoms with Crippen molar-refractivity contribution < 1.29 is 4.79 Å². The van der Waals surface area contributed by atoms with Crippen molar-refractivity contribution in [1.82, 2.24) is 0 Å². The highest BCUT2D eigenvalue weighted by Gasteiger charge is 2.37. The van der Waals surface area contributed by atoms with Crippen molar-refractivity contribution in [1.29, 1.82) is 0 Å². The number of carbonyl (C=O) groups excluding carboxylic acids is 1. The first-order chi connectivity index (χ1) is 16.2. The first kappa shape index (κ1) is 23.0. The van der Waals surface area contributed by atoms with E-state index in [9.17, 15) is 4.79 Å². The molecule has 0 amide bonds. The summed E-state index contributed by atoms with van der Waals surface area (Å²) >= 11 is 13.2. The molecule has 0 bridgehead atoms. The van der Waals surface area contributed by atoms with Crippen LogP contribution < -0.4 is 10.6 Å². The largest absolute Gasteiger partial charge is 0.372 e. The van der Waals surface area contributed by atoms with Gasteiger partial charge in [-0.15, -0.1) is 0 Å². The Balaban J connectivity index is 1.59. The van der Waals surface area contributed by atoms with Gasteiger partial charge in [0.2, 0.25) is 0 Å². The van der Waals surface area contributed by atoms with Gasteiger partial charge in [-0.2, -0.15) is 0 Å². The highest BCUT2D eigenvalue weighted by Crippen LogP contribution is 2.46. The normalized spacial score (nSPS) is 20.1. The summed E-state index contributed by atoms with van der Waals surface area (Å²) in [6.07, 6.45) is 1.19. The van der Waals surface area contributed by atoms with Crippen LogP contribution in [0.2, 0.25) is 10.0 Å². The van der Waals surface area contributed by atoms with Gasteiger partial charge in [0, 0.05) is 33.3 Å². The van der Waals surface area contributed by atoms with Gasteiger partial charge in [-0.1, -0.05) is 86.4 Å². The number of Topliss-reactive ketones (excluding diaryl/α,β-unsaturated/α-hetero) is 1. The molecule has 0 saturated carbocycles. The first-order valence-corrected chi connectivity index (χ1v) is 12.4. The number of hydrogen-bond acceptors (Lipinski definition) is 3. The zero-order valence-corrected chi connectivity index (χ0v) is 21.1. The molecule has 1 aliphatic carbocycles. The lowest BCUT2D eigenvalue weighted by molar-refractivity contribution is -0.116. The average molecular weight is 491 g/mol. The molecule has 2 N–H and O–H groups in total. The maximum atomic E-state index is 13.7. The fourth-order valence-corrected chi connectivity index (χ4v) is 5.60. The Kier molecular flexibility index (Phi) is 5.95. The Morgan fingerprint density at radius 3 is 2.12 bits per heavy atom. The second-order valence-corrected chi connectivity index (χ2v) is 11.0. The molecule has 2 aliphatic rings. The smallest absolute Gasteiger partial charge is 0.163 e. The quantitative estimate of drug-likeness (QED) is 0.379. The fraction of sp³-hybridized carbons (Fsp3) is 0.276. The number of benzene rings is 3. The number of halogens is 2. The second-order valence-electron chi connectivity index (χ2n) is 10.2. The van der Waals surface area contributed by atoms with Gasteiger partial charge in [-0.25, -0.2) is 0 Å². The third kappa shape index (κ3) is 4.23. The van der Waals surface area contributed by atoms with Crippen LogP contribution in [0.1, 0.15) is 62.3 Å². The molecular formula is C29H28Cl2N2O. The number of fused-ring (bicyclic) bond motifs is 1. The van der Waals surface area contributed by atoms with E-state index in [1.165, 1.54) is 11.1 Å². The molecule has 0 saturated heterocycles. The molecule has 3 nitrogen and oxygen atoms in total. The molecule has 5 heteroatoms. The monoisotopic (exact) mass is 490 g/mol. The number of hydrogen-bond donors (Lipinski definition) is 2. The van der Waals surface area contributed by atoms with Gasteiger partial charge in [0.15, 0.2) is 5.78 Å². The predicted octanol–water partition coefficient (Wildman–Crippen LogP) is 8.27. The van der Waals surface area contributed by atoms with Crippen molar-refractivity contribution in [2.75, 3.05) is 10.6 Å². The summed E-state index contributed by atoms with van der Waals surface area (Å²) in [6, 6.07) is 21.8. The molecule has 174 valence electrons. The van der Waals surface area contributed by atoms with E-state index < -0.39 is 6.04 Å². The van der Waals surface area contributed by atoms with Crippen LogP contribution in [0.3, 0.4) is 0 Å². The van der Waals surface area contributed by atoms with Gasteiger partial charge in [0.1, 0.15) is 0 Å².